The molecule has 0 radical (unpaired) electrons. The molecule has 1 saturated heterocycles. The maximum atomic E-state index is 10.0. The number of nitrogens with two attached hydrogens (primary N) is 1. The molecule has 4 heteroatoms. The van der Waals surface area contributed by atoms with Crippen molar-refractivity contribution in [2.75, 3.05) is 13.1 Å². The monoisotopic (exact) mass is 312 g/mol. The summed E-state index contributed by atoms with van der Waals surface area (Å²) in [6.07, 6.45) is 0.976. The van der Waals surface area contributed by atoms with Crippen LogP contribution in [0.4, 0.5) is 0 Å². The molecule has 0 aromatic heterocycles. The van der Waals surface area contributed by atoms with Crippen molar-refractivity contribution < 1.29 is 5.11 Å². The molecule has 1 aromatic carbocycles. The smallest absolute Gasteiger partial charge is 0.120 e. The number of hydrogen-bond acceptors (Lipinski definition) is 3. The van der Waals surface area contributed by atoms with Gasteiger partial charge >= 0.3 is 0 Å². The molecular weight excluding hydrogens is 292 g/mol. The predicted octanol–water partition coefficient (Wildman–Crippen LogP) is 2.88. The van der Waals surface area contributed by atoms with Gasteiger partial charge in [-0.2, -0.15) is 0 Å². The van der Waals surface area contributed by atoms with E-state index in [-0.39, 0.29) is 12.1 Å². The molecule has 2 rings (SSSR count). The van der Waals surface area contributed by atoms with Gasteiger partial charge in [0.15, 0.2) is 0 Å². The highest BCUT2D eigenvalue weighted by Crippen LogP contribution is 2.35. The first-order valence-electron chi connectivity index (χ1n) is 6.51. The fourth-order valence-corrected chi connectivity index (χ4v) is 3.13. The normalized spacial score (nSPS) is 26.4. The van der Waals surface area contributed by atoms with Gasteiger partial charge < -0.3 is 10.8 Å². The molecule has 0 bridgehead atoms. The van der Waals surface area contributed by atoms with E-state index in [9.17, 15) is 5.11 Å². The van der Waals surface area contributed by atoms with Crippen LogP contribution in [0.15, 0.2) is 22.7 Å². The lowest BCUT2D eigenvalue weighted by molar-refractivity contribution is 0.226. The number of aromatic hydroxyl groups is 1. The van der Waals surface area contributed by atoms with Crippen LogP contribution < -0.4 is 5.73 Å². The summed E-state index contributed by atoms with van der Waals surface area (Å²) in [4.78, 5) is 2.39. The number of hydrogen-bond donors (Lipinski definition) is 2. The number of rotatable bonds is 3. The predicted molar refractivity (Wildman–Crippen MR) is 77.6 cm³/mol. The molecule has 1 aliphatic heterocycles. The summed E-state index contributed by atoms with van der Waals surface area (Å²) in [5.74, 6) is 0.895. The molecule has 0 aliphatic carbocycles. The van der Waals surface area contributed by atoms with Crippen LogP contribution in [0.3, 0.4) is 0 Å². The highest BCUT2D eigenvalue weighted by Gasteiger charge is 2.32. The van der Waals surface area contributed by atoms with Gasteiger partial charge in [-0.25, -0.2) is 0 Å². The van der Waals surface area contributed by atoms with Crippen molar-refractivity contribution in [1.29, 1.82) is 0 Å². The Balaban J connectivity index is 2.26. The average molecular weight is 313 g/mol. The molecule has 1 aliphatic rings. The van der Waals surface area contributed by atoms with Gasteiger partial charge in [-0.1, -0.05) is 29.8 Å². The third-order valence-corrected chi connectivity index (χ3v) is 4.37. The van der Waals surface area contributed by atoms with Crippen LogP contribution in [0, 0.1) is 5.92 Å². The zero-order valence-electron chi connectivity index (χ0n) is 10.9. The Labute approximate surface area is 117 Å². The molecule has 100 valence electrons. The van der Waals surface area contributed by atoms with Crippen molar-refractivity contribution in [3.8, 4) is 5.75 Å². The molecule has 3 N–H and O–H groups in total. The molecule has 3 unspecified atom stereocenters. The topological polar surface area (TPSA) is 49.5 Å². The van der Waals surface area contributed by atoms with E-state index >= 15 is 0 Å². The molecule has 3 atom stereocenters. The Kier molecular flexibility index (Phi) is 4.30. The SMILES string of the molecule is CCC(c1cc(Br)ccc1O)N1CC(C)C(N)C1. The molecule has 0 spiro atoms. The van der Waals surface area contributed by atoms with Crippen molar-refractivity contribution in [1.82, 2.24) is 4.90 Å². The summed E-state index contributed by atoms with van der Waals surface area (Å²) >= 11 is 3.47. The van der Waals surface area contributed by atoms with Crippen molar-refractivity contribution >= 4 is 15.9 Å². The van der Waals surface area contributed by atoms with Gasteiger partial charge in [-0.3, -0.25) is 4.90 Å². The number of likely N-dealkylation sites (tertiary alicyclic amines) is 1. The summed E-state index contributed by atoms with van der Waals surface area (Å²) in [6, 6.07) is 6.12. The number of halogens is 1. The standard InChI is InChI=1S/C14H21BrN2O/c1-3-13(17-7-9(2)12(16)8-17)11-6-10(15)4-5-14(11)18/h4-6,9,12-13,18H,3,7-8,16H2,1-2H3. The minimum absolute atomic E-state index is 0.244. The Morgan fingerprint density at radius 2 is 2.22 bits per heavy atom. The van der Waals surface area contributed by atoms with Gasteiger partial charge in [0.05, 0.1) is 0 Å². The van der Waals surface area contributed by atoms with Crippen LogP contribution in [0.25, 0.3) is 0 Å². The van der Waals surface area contributed by atoms with Crippen LogP contribution in [-0.2, 0) is 0 Å². The Morgan fingerprint density at radius 3 is 2.78 bits per heavy atom. The average Bonchev–Trinajstić information content (AvgIpc) is 2.65. The van der Waals surface area contributed by atoms with Gasteiger partial charge in [0.1, 0.15) is 5.75 Å². The van der Waals surface area contributed by atoms with E-state index in [0.717, 1.165) is 29.5 Å². The maximum Gasteiger partial charge on any atom is 0.120 e. The largest absolute Gasteiger partial charge is 0.508 e. The first-order chi connectivity index (χ1) is 8.52. The van der Waals surface area contributed by atoms with Crippen LogP contribution in [0.1, 0.15) is 31.9 Å². The number of phenols is 1. The summed E-state index contributed by atoms with van der Waals surface area (Å²) in [7, 11) is 0. The Hall–Kier alpha value is -0.580. The van der Waals surface area contributed by atoms with Gasteiger partial charge in [0.25, 0.3) is 0 Å². The number of phenolic OH excluding ortho intramolecular Hbond substituents is 1. The van der Waals surface area contributed by atoms with Gasteiger partial charge in [-0.05, 0) is 30.5 Å². The lowest BCUT2D eigenvalue weighted by atomic mass is 10.0. The van der Waals surface area contributed by atoms with E-state index in [4.69, 9.17) is 5.73 Å². The van der Waals surface area contributed by atoms with Gasteiger partial charge in [-0.15, -0.1) is 0 Å². The summed E-state index contributed by atoms with van der Waals surface area (Å²) in [6.45, 7) is 6.26. The van der Waals surface area contributed by atoms with Crippen molar-refractivity contribution in [2.45, 2.75) is 32.4 Å². The fraction of sp³-hybridized carbons (Fsp3) is 0.571. The molecule has 3 nitrogen and oxygen atoms in total. The van der Waals surface area contributed by atoms with E-state index in [1.54, 1.807) is 6.07 Å². The van der Waals surface area contributed by atoms with Crippen LogP contribution in [-0.4, -0.2) is 29.1 Å². The van der Waals surface area contributed by atoms with Crippen molar-refractivity contribution in [3.05, 3.63) is 28.2 Å². The lowest BCUT2D eigenvalue weighted by Crippen LogP contribution is -2.30. The first-order valence-corrected chi connectivity index (χ1v) is 7.30. The minimum Gasteiger partial charge on any atom is -0.508 e. The molecule has 0 saturated carbocycles. The Morgan fingerprint density at radius 1 is 1.50 bits per heavy atom. The molecule has 0 amide bonds. The molecular formula is C14H21BrN2O. The second-order valence-electron chi connectivity index (χ2n) is 5.22. The number of nitrogens with zero attached hydrogens (tertiary/aromatic N) is 1. The van der Waals surface area contributed by atoms with E-state index < -0.39 is 0 Å². The van der Waals surface area contributed by atoms with E-state index in [0.29, 0.717) is 11.7 Å². The van der Waals surface area contributed by atoms with Crippen molar-refractivity contribution in [2.24, 2.45) is 11.7 Å². The van der Waals surface area contributed by atoms with Crippen molar-refractivity contribution in [3.63, 3.8) is 0 Å². The summed E-state index contributed by atoms with van der Waals surface area (Å²) in [5, 5.41) is 10.0. The van der Waals surface area contributed by atoms with E-state index in [1.165, 1.54) is 0 Å². The van der Waals surface area contributed by atoms with Gasteiger partial charge in [0, 0.05) is 35.2 Å². The van der Waals surface area contributed by atoms with Crippen LogP contribution >= 0.6 is 15.9 Å². The second-order valence-corrected chi connectivity index (χ2v) is 6.14. The van der Waals surface area contributed by atoms with Crippen LogP contribution in [0.5, 0.6) is 5.75 Å². The first kappa shape index (κ1) is 13.8. The zero-order valence-corrected chi connectivity index (χ0v) is 12.5. The summed E-state index contributed by atoms with van der Waals surface area (Å²) in [5.41, 5.74) is 7.09. The Bertz CT molecular complexity index is 414. The fourth-order valence-electron chi connectivity index (χ4n) is 2.75. The molecule has 1 aromatic rings. The molecule has 1 fully saturated rings. The third-order valence-electron chi connectivity index (χ3n) is 3.87. The minimum atomic E-state index is 0.244. The highest BCUT2D eigenvalue weighted by molar-refractivity contribution is 9.10. The molecule has 18 heavy (non-hydrogen) atoms. The highest BCUT2D eigenvalue weighted by atomic mass is 79.9. The third kappa shape index (κ3) is 2.71. The number of benzene rings is 1. The zero-order chi connectivity index (χ0) is 13.3. The quantitative estimate of drug-likeness (QED) is 0.902. The maximum absolute atomic E-state index is 10.0. The molecule has 1 heterocycles. The second kappa shape index (κ2) is 5.59. The van der Waals surface area contributed by atoms with Crippen LogP contribution in [0.2, 0.25) is 0 Å². The van der Waals surface area contributed by atoms with Gasteiger partial charge in [0.2, 0.25) is 0 Å². The van der Waals surface area contributed by atoms with E-state index in [1.807, 2.05) is 12.1 Å². The lowest BCUT2D eigenvalue weighted by Gasteiger charge is -2.28. The summed E-state index contributed by atoms with van der Waals surface area (Å²) < 4.78 is 1.00. The van der Waals surface area contributed by atoms with E-state index in [2.05, 4.69) is 34.7 Å².